The molecule has 0 aliphatic carbocycles. The minimum Gasteiger partial charge on any atom is -0.494 e. The quantitative estimate of drug-likeness (QED) is 0.485. The number of nitrogens with two attached hydrogens (primary N) is 1. The van der Waals surface area contributed by atoms with Crippen molar-refractivity contribution in [2.24, 2.45) is 12.8 Å². The molecule has 2 aliphatic heterocycles. The summed E-state index contributed by atoms with van der Waals surface area (Å²) in [6, 6.07) is 9.76. The molecule has 1 aromatic carbocycles. The van der Waals surface area contributed by atoms with Gasteiger partial charge in [0.2, 0.25) is 5.95 Å². The van der Waals surface area contributed by atoms with E-state index in [0.29, 0.717) is 40.2 Å². The zero-order valence-electron chi connectivity index (χ0n) is 19.6. The largest absolute Gasteiger partial charge is 0.494 e. The number of anilines is 1. The van der Waals surface area contributed by atoms with Crippen molar-refractivity contribution < 1.29 is 9.13 Å². The van der Waals surface area contributed by atoms with Gasteiger partial charge in [-0.05, 0) is 49.4 Å². The number of methoxy groups -OCH3 is 1. The Morgan fingerprint density at radius 2 is 1.94 bits per heavy atom. The third-order valence-corrected chi connectivity index (χ3v) is 7.36. The number of imidazole rings is 1. The van der Waals surface area contributed by atoms with Gasteiger partial charge in [-0.25, -0.2) is 14.4 Å². The molecule has 0 spiro atoms. The number of aryl methyl sites for hydroxylation is 1. The first-order valence-electron chi connectivity index (χ1n) is 11.8. The maximum Gasteiger partial charge on any atom is 0.212 e. The summed E-state index contributed by atoms with van der Waals surface area (Å²) in [4.78, 5) is 12.3. The summed E-state index contributed by atoms with van der Waals surface area (Å²) >= 11 is 0. The Labute approximate surface area is 202 Å². The maximum absolute atomic E-state index is 14.8. The number of fused-ring (bicyclic) bond motifs is 3. The monoisotopic (exact) mass is 471 g/mol. The lowest BCUT2D eigenvalue weighted by Gasteiger charge is -2.39. The molecular weight excluding hydrogens is 445 g/mol. The molecule has 178 valence electrons. The van der Waals surface area contributed by atoms with Gasteiger partial charge in [-0.1, -0.05) is 6.07 Å². The first-order chi connectivity index (χ1) is 17.0. The number of aromatic nitrogens is 4. The molecule has 2 aliphatic rings. The molecule has 4 aromatic rings. The second kappa shape index (κ2) is 8.10. The first-order valence-corrected chi connectivity index (χ1v) is 11.8. The molecule has 2 N–H and O–H groups in total. The first kappa shape index (κ1) is 21.6. The van der Waals surface area contributed by atoms with Crippen molar-refractivity contribution in [3.05, 3.63) is 54.4 Å². The van der Waals surface area contributed by atoms with Crippen molar-refractivity contribution in [3.8, 4) is 34.2 Å². The Balaban J connectivity index is 1.63. The summed E-state index contributed by atoms with van der Waals surface area (Å²) in [5, 5.41) is 9.57. The van der Waals surface area contributed by atoms with E-state index in [1.807, 2.05) is 36.0 Å². The van der Waals surface area contributed by atoms with Crippen LogP contribution in [0.4, 0.5) is 10.3 Å². The van der Waals surface area contributed by atoms with Gasteiger partial charge in [-0.15, -0.1) is 0 Å². The number of piperidine rings is 1. The Morgan fingerprint density at radius 3 is 2.60 bits per heavy atom. The van der Waals surface area contributed by atoms with Crippen LogP contribution in [0.15, 0.2) is 42.9 Å². The number of rotatable bonds is 4. The lowest BCUT2D eigenvalue weighted by molar-refractivity contribution is 0.386. The predicted octanol–water partition coefficient (Wildman–Crippen LogP) is 3.88. The van der Waals surface area contributed by atoms with Crippen molar-refractivity contribution in [1.29, 1.82) is 5.26 Å². The third-order valence-electron chi connectivity index (χ3n) is 7.36. The van der Waals surface area contributed by atoms with Crippen LogP contribution in [0.5, 0.6) is 5.75 Å². The van der Waals surface area contributed by atoms with E-state index in [9.17, 15) is 9.65 Å². The van der Waals surface area contributed by atoms with Crippen molar-refractivity contribution in [2.45, 2.75) is 43.8 Å². The summed E-state index contributed by atoms with van der Waals surface area (Å²) in [7, 11) is 3.27. The van der Waals surface area contributed by atoms with Gasteiger partial charge in [0.05, 0.1) is 18.4 Å². The lowest BCUT2D eigenvalue weighted by atomic mass is 9.98. The molecule has 0 saturated carbocycles. The summed E-state index contributed by atoms with van der Waals surface area (Å²) in [5.41, 5.74) is 10.3. The molecule has 2 bridgehead atoms. The van der Waals surface area contributed by atoms with Crippen LogP contribution >= 0.6 is 0 Å². The number of hydrogen-bond donors (Lipinski definition) is 1. The summed E-state index contributed by atoms with van der Waals surface area (Å²) < 4.78 is 23.7. The molecule has 5 heterocycles. The fraction of sp³-hybridized carbons (Fsp3) is 0.346. The minimum absolute atomic E-state index is 0.173. The molecule has 0 amide bonds. The highest BCUT2D eigenvalue weighted by molar-refractivity contribution is 5.91. The molecule has 2 atom stereocenters. The van der Waals surface area contributed by atoms with Crippen LogP contribution < -0.4 is 15.4 Å². The number of nitriles is 1. The zero-order valence-corrected chi connectivity index (χ0v) is 19.6. The van der Waals surface area contributed by atoms with E-state index in [1.165, 1.54) is 13.2 Å². The molecule has 2 unspecified atom stereocenters. The van der Waals surface area contributed by atoms with E-state index in [2.05, 4.69) is 16.0 Å². The van der Waals surface area contributed by atoms with Crippen LogP contribution in [-0.4, -0.2) is 44.2 Å². The lowest BCUT2D eigenvalue weighted by Crippen LogP contribution is -2.48. The van der Waals surface area contributed by atoms with Crippen LogP contribution in [0.2, 0.25) is 0 Å². The Kier molecular flexibility index (Phi) is 5.00. The zero-order chi connectivity index (χ0) is 24.3. The molecule has 8 nitrogen and oxygen atoms in total. The van der Waals surface area contributed by atoms with E-state index >= 15 is 0 Å². The highest BCUT2D eigenvalue weighted by Gasteiger charge is 2.41. The molecule has 35 heavy (non-hydrogen) atoms. The average Bonchev–Trinajstić information content (AvgIpc) is 3.54. The van der Waals surface area contributed by atoms with E-state index in [4.69, 9.17) is 15.5 Å². The number of ether oxygens (including phenoxy) is 1. The van der Waals surface area contributed by atoms with Crippen molar-refractivity contribution in [2.75, 3.05) is 12.0 Å². The summed E-state index contributed by atoms with van der Waals surface area (Å²) in [5.74, 6) is 0.525. The molecule has 2 fully saturated rings. The van der Waals surface area contributed by atoms with E-state index in [1.54, 1.807) is 16.8 Å². The number of nitrogens with zero attached hydrogens (tertiary/aromatic N) is 6. The summed E-state index contributed by atoms with van der Waals surface area (Å²) in [6.45, 7) is 0. The van der Waals surface area contributed by atoms with Gasteiger partial charge in [-0.3, -0.25) is 4.40 Å². The predicted molar refractivity (Wildman–Crippen MR) is 131 cm³/mol. The highest BCUT2D eigenvalue weighted by Crippen LogP contribution is 2.42. The molecule has 9 heteroatoms. The number of benzene rings is 1. The molecule has 0 radical (unpaired) electrons. The topological polar surface area (TPSA) is 97.4 Å². The van der Waals surface area contributed by atoms with Crippen LogP contribution in [-0.2, 0) is 7.05 Å². The Bertz CT molecular complexity index is 1470. The number of hydrogen-bond acceptors (Lipinski definition) is 6. The Morgan fingerprint density at radius 1 is 1.17 bits per heavy atom. The smallest absolute Gasteiger partial charge is 0.212 e. The van der Waals surface area contributed by atoms with Gasteiger partial charge in [0.25, 0.3) is 0 Å². The normalized spacial score (nSPS) is 21.5. The van der Waals surface area contributed by atoms with E-state index in [-0.39, 0.29) is 11.8 Å². The van der Waals surface area contributed by atoms with Gasteiger partial charge < -0.3 is 19.9 Å². The van der Waals surface area contributed by atoms with Crippen LogP contribution in [0.1, 0.15) is 31.4 Å². The number of halogens is 1. The van der Waals surface area contributed by atoms with Crippen LogP contribution in [0, 0.1) is 17.1 Å². The average molecular weight is 472 g/mol. The van der Waals surface area contributed by atoms with Gasteiger partial charge in [0, 0.05) is 49.3 Å². The minimum atomic E-state index is -0.460. The molecule has 3 aromatic heterocycles. The second-order valence-corrected chi connectivity index (χ2v) is 9.47. The molecule has 2 saturated heterocycles. The van der Waals surface area contributed by atoms with Crippen LogP contribution in [0.25, 0.3) is 28.0 Å². The standard InChI is InChI=1S/C26H26FN7O/c1-32-14-16(9-20(32)13-28)24-23(15-3-6-22(35-2)21(27)10-15)25-30-7-8-33(25)26(31-24)34-18-4-5-19(34)12-17(29)11-18/h3,6-10,14,17-19H,4-5,11-12,29H2,1-2H3. The fourth-order valence-corrected chi connectivity index (χ4v) is 5.80. The van der Waals surface area contributed by atoms with E-state index in [0.717, 1.165) is 37.2 Å². The van der Waals surface area contributed by atoms with E-state index < -0.39 is 5.82 Å². The highest BCUT2D eigenvalue weighted by atomic mass is 19.1. The Hall–Kier alpha value is -3.90. The maximum atomic E-state index is 14.8. The summed E-state index contributed by atoms with van der Waals surface area (Å²) in [6.07, 6.45) is 9.57. The van der Waals surface area contributed by atoms with Gasteiger partial charge >= 0.3 is 0 Å². The fourth-order valence-electron chi connectivity index (χ4n) is 5.80. The third kappa shape index (κ3) is 3.36. The van der Waals surface area contributed by atoms with Gasteiger partial charge in [0.15, 0.2) is 11.6 Å². The van der Waals surface area contributed by atoms with Gasteiger partial charge in [0.1, 0.15) is 17.4 Å². The SMILES string of the molecule is COc1ccc(-c2c(-c3cc(C#N)n(C)c3)nc(N3C4CCC3CC(N)C4)n3ccnc23)cc1F. The van der Waals surface area contributed by atoms with Crippen molar-refractivity contribution >= 4 is 11.6 Å². The second-order valence-electron chi connectivity index (χ2n) is 9.47. The van der Waals surface area contributed by atoms with Crippen molar-refractivity contribution in [1.82, 2.24) is 18.9 Å². The molecular formula is C26H26FN7O. The molecule has 6 rings (SSSR count). The van der Waals surface area contributed by atoms with Crippen LogP contribution in [0.3, 0.4) is 0 Å². The van der Waals surface area contributed by atoms with Crippen molar-refractivity contribution in [3.63, 3.8) is 0 Å². The van der Waals surface area contributed by atoms with Gasteiger partial charge in [-0.2, -0.15) is 5.26 Å².